The van der Waals surface area contributed by atoms with Crippen molar-refractivity contribution in [3.05, 3.63) is 82.5 Å². The van der Waals surface area contributed by atoms with Gasteiger partial charge in [0.1, 0.15) is 5.75 Å². The minimum absolute atomic E-state index is 0.798. The van der Waals surface area contributed by atoms with Crippen molar-refractivity contribution < 1.29 is 4.74 Å². The van der Waals surface area contributed by atoms with Crippen molar-refractivity contribution in [1.29, 1.82) is 0 Å². The van der Waals surface area contributed by atoms with E-state index in [0.29, 0.717) is 0 Å². The number of benzene rings is 2. The summed E-state index contributed by atoms with van der Waals surface area (Å²) >= 11 is 0. The smallest absolute Gasteiger partial charge is 0.129 e. The Morgan fingerprint density at radius 2 is 1.56 bits per heavy atom. The van der Waals surface area contributed by atoms with Crippen molar-refractivity contribution in [2.24, 2.45) is 5.92 Å². The normalized spacial score (nSPS) is 14.1. The number of hydrogen-bond acceptors (Lipinski definition) is 3. The maximum absolute atomic E-state index is 6.04. The Hall–Kier alpha value is -2.65. The van der Waals surface area contributed by atoms with Crippen molar-refractivity contribution >= 4 is 0 Å². The Kier molecular flexibility index (Phi) is 8.39. The molecule has 3 heteroatoms. The van der Waals surface area contributed by atoms with Gasteiger partial charge in [0.2, 0.25) is 0 Å². The molecule has 180 valence electrons. The highest BCUT2D eigenvalue weighted by atomic mass is 16.5. The third-order valence-electron chi connectivity index (χ3n) is 7.41. The number of ether oxygens (including phenoxy) is 1. The van der Waals surface area contributed by atoms with Gasteiger partial charge in [-0.2, -0.15) is 0 Å². The molecule has 1 saturated carbocycles. The average molecular weight is 457 g/mol. The van der Waals surface area contributed by atoms with Crippen LogP contribution in [0.3, 0.4) is 0 Å². The molecule has 0 aliphatic heterocycles. The zero-order chi connectivity index (χ0) is 23.9. The molecule has 4 rings (SSSR count). The summed E-state index contributed by atoms with van der Waals surface area (Å²) in [6.07, 6.45) is 9.53. The minimum atomic E-state index is 0.798. The molecule has 3 nitrogen and oxygen atoms in total. The highest BCUT2D eigenvalue weighted by molar-refractivity contribution is 5.73. The van der Waals surface area contributed by atoms with Gasteiger partial charge in [0, 0.05) is 42.5 Å². The Balaban J connectivity index is 1.67. The lowest BCUT2D eigenvalue weighted by Gasteiger charge is -2.27. The summed E-state index contributed by atoms with van der Waals surface area (Å²) < 4.78 is 6.04. The lowest BCUT2D eigenvalue weighted by molar-refractivity contribution is 0.212. The van der Waals surface area contributed by atoms with Crippen LogP contribution >= 0.6 is 0 Å². The molecule has 1 heterocycles. The second kappa shape index (κ2) is 11.7. The molecule has 1 aromatic heterocycles. The van der Waals surface area contributed by atoms with Crippen LogP contribution in [0.15, 0.2) is 54.7 Å². The minimum Gasteiger partial charge on any atom is -0.496 e. The summed E-state index contributed by atoms with van der Waals surface area (Å²) in [7, 11) is 1.81. The molecule has 0 atom stereocenters. The van der Waals surface area contributed by atoms with E-state index < -0.39 is 0 Å². The van der Waals surface area contributed by atoms with E-state index in [9.17, 15) is 0 Å². The third kappa shape index (κ3) is 5.52. The average Bonchev–Trinajstić information content (AvgIpc) is 3.37. The zero-order valence-electron chi connectivity index (χ0n) is 21.4. The third-order valence-corrected chi connectivity index (χ3v) is 7.41. The van der Waals surface area contributed by atoms with E-state index in [1.807, 2.05) is 0 Å². The predicted octanol–water partition coefficient (Wildman–Crippen LogP) is 7.38. The fourth-order valence-corrected chi connectivity index (χ4v) is 5.67. The Labute approximate surface area is 206 Å². The Bertz CT molecular complexity index is 1050. The molecule has 0 spiro atoms. The van der Waals surface area contributed by atoms with E-state index in [4.69, 9.17) is 9.72 Å². The summed E-state index contributed by atoms with van der Waals surface area (Å²) in [6, 6.07) is 17.5. The van der Waals surface area contributed by atoms with Crippen LogP contribution in [0.25, 0.3) is 11.3 Å². The largest absolute Gasteiger partial charge is 0.496 e. The molecular formula is C31H40N2O. The van der Waals surface area contributed by atoms with Crippen LogP contribution in [0.5, 0.6) is 5.75 Å². The molecule has 0 saturated heterocycles. The predicted molar refractivity (Wildman–Crippen MR) is 142 cm³/mol. The van der Waals surface area contributed by atoms with Crippen LogP contribution in [0, 0.1) is 12.8 Å². The number of rotatable bonds is 10. The van der Waals surface area contributed by atoms with Gasteiger partial charge in [0.25, 0.3) is 0 Å². The first-order valence-corrected chi connectivity index (χ1v) is 13.0. The van der Waals surface area contributed by atoms with Gasteiger partial charge in [0.15, 0.2) is 0 Å². The lowest BCUT2D eigenvalue weighted by atomic mass is 9.92. The summed E-state index contributed by atoms with van der Waals surface area (Å²) in [4.78, 5) is 7.66. The number of aromatic nitrogens is 1. The van der Waals surface area contributed by atoms with Crippen molar-refractivity contribution in [3.8, 4) is 17.0 Å². The van der Waals surface area contributed by atoms with Gasteiger partial charge in [-0.15, -0.1) is 0 Å². The van der Waals surface area contributed by atoms with Crippen LogP contribution in [0.4, 0.5) is 0 Å². The zero-order valence-corrected chi connectivity index (χ0v) is 21.4. The van der Waals surface area contributed by atoms with E-state index >= 15 is 0 Å². The standard InChI is InChI=1S/C31H40N2O/c1-5-26-17-12-18-27(6-2)29(26)30-23(3)31(34-4)28(19-32-30)22-33(21-25-15-10-11-16-25)20-24-13-8-7-9-14-24/h7-9,12-14,17-19,25H,5-6,10-11,15-16,20-22H2,1-4H3. The molecule has 0 unspecified atom stereocenters. The van der Waals surface area contributed by atoms with Crippen LogP contribution in [-0.4, -0.2) is 23.5 Å². The van der Waals surface area contributed by atoms with E-state index in [1.54, 1.807) is 7.11 Å². The highest BCUT2D eigenvalue weighted by Crippen LogP contribution is 2.36. The number of pyridine rings is 1. The summed E-state index contributed by atoms with van der Waals surface area (Å²) in [5.41, 5.74) is 8.78. The van der Waals surface area contributed by atoms with Gasteiger partial charge in [-0.25, -0.2) is 0 Å². The fraction of sp³-hybridized carbons (Fsp3) is 0.452. The van der Waals surface area contributed by atoms with Crippen molar-refractivity contribution in [2.45, 2.75) is 72.4 Å². The maximum Gasteiger partial charge on any atom is 0.129 e. The number of methoxy groups -OCH3 is 1. The van der Waals surface area contributed by atoms with Gasteiger partial charge in [-0.3, -0.25) is 9.88 Å². The van der Waals surface area contributed by atoms with Crippen LogP contribution in [-0.2, 0) is 25.9 Å². The number of aryl methyl sites for hydroxylation is 2. The van der Waals surface area contributed by atoms with E-state index in [-0.39, 0.29) is 0 Å². The molecule has 0 bridgehead atoms. The Morgan fingerprint density at radius 1 is 0.882 bits per heavy atom. The lowest BCUT2D eigenvalue weighted by Crippen LogP contribution is -2.28. The molecule has 0 radical (unpaired) electrons. The van der Waals surface area contributed by atoms with E-state index in [1.165, 1.54) is 53.5 Å². The second-order valence-corrected chi connectivity index (χ2v) is 9.75. The molecule has 0 amide bonds. The van der Waals surface area contributed by atoms with Crippen LogP contribution in [0.1, 0.15) is 67.3 Å². The fourth-order valence-electron chi connectivity index (χ4n) is 5.67. The SMILES string of the molecule is CCc1cccc(CC)c1-c1ncc(CN(Cc2ccccc2)CC2CCCC2)c(OC)c1C. The van der Waals surface area contributed by atoms with Crippen molar-refractivity contribution in [3.63, 3.8) is 0 Å². The summed E-state index contributed by atoms with van der Waals surface area (Å²) in [5, 5.41) is 0. The summed E-state index contributed by atoms with van der Waals surface area (Å²) in [5.74, 6) is 1.79. The number of hydrogen-bond donors (Lipinski definition) is 0. The van der Waals surface area contributed by atoms with Crippen LogP contribution < -0.4 is 4.74 Å². The van der Waals surface area contributed by atoms with Crippen molar-refractivity contribution in [1.82, 2.24) is 9.88 Å². The summed E-state index contributed by atoms with van der Waals surface area (Å²) in [6.45, 7) is 9.58. The molecule has 1 aliphatic rings. The van der Waals surface area contributed by atoms with Gasteiger partial charge in [-0.05, 0) is 55.2 Å². The quantitative estimate of drug-likeness (QED) is 0.318. The molecule has 2 aromatic carbocycles. The molecule has 1 aliphatic carbocycles. The highest BCUT2D eigenvalue weighted by Gasteiger charge is 2.22. The molecule has 1 fully saturated rings. The first-order valence-electron chi connectivity index (χ1n) is 13.0. The monoisotopic (exact) mass is 456 g/mol. The maximum atomic E-state index is 6.04. The topological polar surface area (TPSA) is 25.4 Å². The molecule has 34 heavy (non-hydrogen) atoms. The van der Waals surface area contributed by atoms with Crippen LogP contribution in [0.2, 0.25) is 0 Å². The molecular weight excluding hydrogens is 416 g/mol. The van der Waals surface area contributed by atoms with Gasteiger partial charge in [-0.1, -0.05) is 75.2 Å². The van der Waals surface area contributed by atoms with Crippen molar-refractivity contribution in [2.75, 3.05) is 13.7 Å². The van der Waals surface area contributed by atoms with Gasteiger partial charge >= 0.3 is 0 Å². The molecule has 0 N–H and O–H groups in total. The van der Waals surface area contributed by atoms with Gasteiger partial charge in [0.05, 0.1) is 12.8 Å². The second-order valence-electron chi connectivity index (χ2n) is 9.75. The first kappa shape index (κ1) is 24.5. The van der Waals surface area contributed by atoms with E-state index in [2.05, 4.69) is 80.4 Å². The molecule has 3 aromatic rings. The number of nitrogens with zero attached hydrogens (tertiary/aromatic N) is 2. The first-order chi connectivity index (χ1) is 16.6. The Morgan fingerprint density at radius 3 is 2.18 bits per heavy atom. The van der Waals surface area contributed by atoms with Gasteiger partial charge < -0.3 is 4.74 Å². The van der Waals surface area contributed by atoms with E-state index in [0.717, 1.165) is 55.4 Å².